The number of nitrogens with zero attached hydrogens (tertiary/aromatic N) is 2. The van der Waals surface area contributed by atoms with Gasteiger partial charge in [0.15, 0.2) is 0 Å². The van der Waals surface area contributed by atoms with Crippen LogP contribution >= 0.6 is 0 Å². The first-order valence-corrected chi connectivity index (χ1v) is 6.13. The van der Waals surface area contributed by atoms with Gasteiger partial charge in [-0.2, -0.15) is 0 Å². The second kappa shape index (κ2) is 5.38. The minimum absolute atomic E-state index is 0.00154. The molecule has 100 valence electrons. The third kappa shape index (κ3) is 3.72. The molecule has 0 fully saturated rings. The molecule has 1 aliphatic heterocycles. The molecular formula is C14H22N2O2. The van der Waals surface area contributed by atoms with Crippen LogP contribution in [-0.2, 0) is 4.79 Å². The fraction of sp³-hybridized carbons (Fsp3) is 0.571. The van der Waals surface area contributed by atoms with Crippen LogP contribution in [0.25, 0.3) is 0 Å². The van der Waals surface area contributed by atoms with Gasteiger partial charge in [0, 0.05) is 24.5 Å². The molecule has 1 rings (SSSR count). The lowest BCUT2D eigenvalue weighted by Crippen LogP contribution is -2.37. The van der Waals surface area contributed by atoms with Crippen molar-refractivity contribution >= 4 is 11.7 Å². The molecule has 0 saturated heterocycles. The number of aliphatic imine (C=N–C) groups is 1. The Bertz CT molecular complexity index is 426. The number of carboxylic acids is 1. The molecule has 0 aromatic rings. The van der Waals surface area contributed by atoms with Crippen molar-refractivity contribution < 1.29 is 9.90 Å². The number of rotatable bonds is 2. The Morgan fingerprint density at radius 3 is 2.50 bits per heavy atom. The Balaban J connectivity index is 3.07. The van der Waals surface area contributed by atoms with E-state index in [1.807, 2.05) is 14.0 Å². The number of carbonyl (C=O) groups is 1. The quantitative estimate of drug-likeness (QED) is 0.820. The highest BCUT2D eigenvalue weighted by molar-refractivity contribution is 6.40. The van der Waals surface area contributed by atoms with Gasteiger partial charge in [0.1, 0.15) is 5.71 Å². The molecule has 0 radical (unpaired) electrons. The minimum atomic E-state index is -0.981. The molecule has 4 nitrogen and oxygen atoms in total. The van der Waals surface area contributed by atoms with Crippen molar-refractivity contribution in [1.29, 1.82) is 0 Å². The Labute approximate surface area is 109 Å². The SMILES string of the molecule is C\C1=C/C(C(=O)O)=N\C=C(\N(C)C(C)(C)C)CC1. The summed E-state index contributed by atoms with van der Waals surface area (Å²) in [5.41, 5.74) is 2.21. The standard InChI is InChI=1S/C14H22N2O2/c1-10-6-7-11(16(5)14(2,3)4)9-15-12(8-10)13(17)18/h8-9H,6-7H2,1-5H3,(H,17,18)/b10-8+,11-9+,15-12+. The first kappa shape index (κ1) is 14.5. The van der Waals surface area contributed by atoms with Crippen LogP contribution in [0.4, 0.5) is 0 Å². The van der Waals surface area contributed by atoms with E-state index < -0.39 is 5.97 Å². The van der Waals surface area contributed by atoms with Crippen LogP contribution in [0.2, 0.25) is 0 Å². The molecule has 0 aromatic heterocycles. The van der Waals surface area contributed by atoms with Gasteiger partial charge in [0.2, 0.25) is 0 Å². The molecule has 0 saturated carbocycles. The lowest BCUT2D eigenvalue weighted by atomic mass is 10.0. The second-order valence-electron chi connectivity index (χ2n) is 5.66. The molecule has 0 spiro atoms. The molecule has 18 heavy (non-hydrogen) atoms. The summed E-state index contributed by atoms with van der Waals surface area (Å²) in [7, 11) is 2.02. The maximum absolute atomic E-state index is 11.0. The molecule has 0 atom stereocenters. The zero-order valence-corrected chi connectivity index (χ0v) is 11.8. The average molecular weight is 250 g/mol. The Morgan fingerprint density at radius 1 is 1.39 bits per heavy atom. The largest absolute Gasteiger partial charge is 0.477 e. The maximum Gasteiger partial charge on any atom is 0.354 e. The third-order valence-corrected chi connectivity index (χ3v) is 3.17. The van der Waals surface area contributed by atoms with Gasteiger partial charge in [-0.3, -0.25) is 0 Å². The summed E-state index contributed by atoms with van der Waals surface area (Å²) >= 11 is 0. The number of hydrogen-bond donors (Lipinski definition) is 1. The summed E-state index contributed by atoms with van der Waals surface area (Å²) in [5, 5.41) is 9.04. The zero-order valence-electron chi connectivity index (χ0n) is 11.8. The van der Waals surface area contributed by atoms with E-state index >= 15 is 0 Å². The van der Waals surface area contributed by atoms with Crippen LogP contribution in [0.5, 0.6) is 0 Å². The van der Waals surface area contributed by atoms with E-state index in [0.29, 0.717) is 0 Å². The summed E-state index contributed by atoms with van der Waals surface area (Å²) < 4.78 is 0. The van der Waals surface area contributed by atoms with Gasteiger partial charge in [0.05, 0.1) is 0 Å². The number of hydrogen-bond acceptors (Lipinski definition) is 3. The molecule has 1 aliphatic rings. The number of aliphatic carboxylic acids is 1. The van der Waals surface area contributed by atoms with Gasteiger partial charge in [-0.1, -0.05) is 5.57 Å². The zero-order chi connectivity index (χ0) is 13.9. The molecule has 0 amide bonds. The Morgan fingerprint density at radius 2 is 2.00 bits per heavy atom. The number of carboxylic acid groups (broad SMARTS) is 1. The summed E-state index contributed by atoms with van der Waals surface area (Å²) in [6, 6.07) is 0. The van der Waals surface area contributed by atoms with E-state index in [-0.39, 0.29) is 11.3 Å². The van der Waals surface area contributed by atoms with E-state index in [1.165, 1.54) is 0 Å². The first-order valence-electron chi connectivity index (χ1n) is 6.13. The Kier molecular flexibility index (Phi) is 4.33. The topological polar surface area (TPSA) is 52.9 Å². The summed E-state index contributed by atoms with van der Waals surface area (Å²) in [5.74, 6) is -0.981. The fourth-order valence-electron chi connectivity index (χ4n) is 1.68. The smallest absolute Gasteiger partial charge is 0.354 e. The van der Waals surface area contributed by atoms with Crippen molar-refractivity contribution in [2.75, 3.05) is 7.05 Å². The van der Waals surface area contributed by atoms with Crippen LogP contribution in [-0.4, -0.2) is 34.3 Å². The van der Waals surface area contributed by atoms with E-state index in [1.54, 1.807) is 12.3 Å². The van der Waals surface area contributed by atoms with E-state index in [0.717, 1.165) is 24.1 Å². The normalized spacial score (nSPS) is 25.7. The molecular weight excluding hydrogens is 228 g/mol. The molecule has 0 unspecified atom stereocenters. The van der Waals surface area contributed by atoms with Gasteiger partial charge in [-0.05, 0) is 46.6 Å². The van der Waals surface area contributed by atoms with Gasteiger partial charge >= 0.3 is 5.97 Å². The number of allylic oxidation sites excluding steroid dienone is 2. The van der Waals surface area contributed by atoms with Gasteiger partial charge in [0.25, 0.3) is 0 Å². The predicted octanol–water partition coefficient (Wildman–Crippen LogP) is 2.82. The molecule has 0 bridgehead atoms. The third-order valence-electron chi connectivity index (χ3n) is 3.17. The van der Waals surface area contributed by atoms with E-state index in [9.17, 15) is 4.79 Å². The van der Waals surface area contributed by atoms with Crippen molar-refractivity contribution in [2.45, 2.75) is 46.1 Å². The van der Waals surface area contributed by atoms with Crippen LogP contribution in [0, 0.1) is 0 Å². The van der Waals surface area contributed by atoms with Gasteiger partial charge < -0.3 is 10.0 Å². The summed E-state index contributed by atoms with van der Waals surface area (Å²) in [6.07, 6.45) is 5.06. The molecule has 1 heterocycles. The minimum Gasteiger partial charge on any atom is -0.477 e. The Hall–Kier alpha value is -1.58. The molecule has 0 aliphatic carbocycles. The van der Waals surface area contributed by atoms with E-state index in [4.69, 9.17) is 5.11 Å². The van der Waals surface area contributed by atoms with Crippen LogP contribution in [0.15, 0.2) is 28.5 Å². The van der Waals surface area contributed by atoms with Crippen molar-refractivity contribution in [2.24, 2.45) is 4.99 Å². The maximum atomic E-state index is 11.0. The predicted molar refractivity (Wildman–Crippen MR) is 73.7 cm³/mol. The van der Waals surface area contributed by atoms with Gasteiger partial charge in [-0.15, -0.1) is 0 Å². The molecule has 1 N–H and O–H groups in total. The molecule has 0 aromatic carbocycles. The summed E-state index contributed by atoms with van der Waals surface area (Å²) in [4.78, 5) is 17.3. The van der Waals surface area contributed by atoms with Crippen LogP contribution in [0.3, 0.4) is 0 Å². The van der Waals surface area contributed by atoms with Crippen molar-refractivity contribution in [3.63, 3.8) is 0 Å². The van der Waals surface area contributed by atoms with Crippen molar-refractivity contribution in [1.82, 2.24) is 4.90 Å². The highest BCUT2D eigenvalue weighted by Gasteiger charge is 2.20. The first-order chi connectivity index (χ1) is 8.21. The summed E-state index contributed by atoms with van der Waals surface area (Å²) in [6.45, 7) is 8.31. The van der Waals surface area contributed by atoms with E-state index in [2.05, 4.69) is 30.7 Å². The average Bonchev–Trinajstić information content (AvgIpc) is 2.21. The highest BCUT2D eigenvalue weighted by Crippen LogP contribution is 2.23. The van der Waals surface area contributed by atoms with Crippen molar-refractivity contribution in [3.05, 3.63) is 23.5 Å². The second-order valence-corrected chi connectivity index (χ2v) is 5.66. The van der Waals surface area contributed by atoms with Crippen LogP contribution < -0.4 is 0 Å². The van der Waals surface area contributed by atoms with Gasteiger partial charge in [-0.25, -0.2) is 9.79 Å². The lowest BCUT2D eigenvalue weighted by molar-refractivity contribution is -0.129. The van der Waals surface area contributed by atoms with Crippen molar-refractivity contribution in [3.8, 4) is 0 Å². The molecule has 4 heteroatoms. The fourth-order valence-corrected chi connectivity index (χ4v) is 1.68. The highest BCUT2D eigenvalue weighted by atomic mass is 16.4. The lowest BCUT2D eigenvalue weighted by Gasteiger charge is -2.36. The van der Waals surface area contributed by atoms with Crippen LogP contribution in [0.1, 0.15) is 40.5 Å². The monoisotopic (exact) mass is 250 g/mol.